The minimum absolute atomic E-state index is 0.312. The van der Waals surface area contributed by atoms with E-state index in [0.29, 0.717) is 30.0 Å². The van der Waals surface area contributed by atoms with E-state index < -0.39 is 0 Å². The predicted octanol–water partition coefficient (Wildman–Crippen LogP) is 3.59. The molecule has 0 radical (unpaired) electrons. The molecular formula is C12H22O. The van der Waals surface area contributed by atoms with Gasteiger partial charge in [0.05, 0.1) is 0 Å². The zero-order valence-electron chi connectivity index (χ0n) is 9.39. The molecule has 1 heteroatoms. The molecular weight excluding hydrogens is 160 g/mol. The minimum Gasteiger partial charge on any atom is -0.299 e. The second-order valence-electron chi connectivity index (χ2n) is 5.11. The number of allylic oxidation sites excluding steroid dienone is 1. The van der Waals surface area contributed by atoms with Crippen LogP contribution in [0.25, 0.3) is 0 Å². The van der Waals surface area contributed by atoms with Crippen molar-refractivity contribution in [2.24, 2.45) is 11.3 Å². The van der Waals surface area contributed by atoms with Gasteiger partial charge in [-0.1, -0.05) is 33.8 Å². The van der Waals surface area contributed by atoms with Crippen molar-refractivity contribution in [3.63, 3.8) is 0 Å². The summed E-state index contributed by atoms with van der Waals surface area (Å²) in [4.78, 5) is 11.3. The Balaban J connectivity index is 3.80. The van der Waals surface area contributed by atoms with Crippen molar-refractivity contribution in [1.82, 2.24) is 0 Å². The number of ketones is 1. The van der Waals surface area contributed by atoms with Crippen molar-refractivity contribution in [3.05, 3.63) is 12.7 Å². The van der Waals surface area contributed by atoms with Gasteiger partial charge in [-0.15, -0.1) is 6.58 Å². The molecule has 0 bridgehead atoms. The van der Waals surface area contributed by atoms with E-state index in [0.717, 1.165) is 6.42 Å². The van der Waals surface area contributed by atoms with Crippen LogP contribution in [0.15, 0.2) is 12.7 Å². The summed E-state index contributed by atoms with van der Waals surface area (Å²) in [6.07, 6.45) is 4.01. The van der Waals surface area contributed by atoms with E-state index in [1.807, 2.05) is 0 Å². The number of rotatable bonds is 5. The summed E-state index contributed by atoms with van der Waals surface area (Å²) in [7, 11) is 0. The number of hydrogen-bond acceptors (Lipinski definition) is 1. The summed E-state index contributed by atoms with van der Waals surface area (Å²) >= 11 is 0. The van der Waals surface area contributed by atoms with E-state index in [9.17, 15) is 4.79 Å². The number of carbonyl (C=O) groups excluding carboxylic acids is 1. The van der Waals surface area contributed by atoms with Gasteiger partial charge in [0.25, 0.3) is 0 Å². The molecule has 0 fully saturated rings. The van der Waals surface area contributed by atoms with Crippen LogP contribution in [-0.2, 0) is 4.79 Å². The Bertz CT molecular complexity index is 174. The van der Waals surface area contributed by atoms with Crippen LogP contribution in [0, 0.1) is 11.3 Å². The van der Waals surface area contributed by atoms with Gasteiger partial charge >= 0.3 is 0 Å². The molecule has 0 aromatic carbocycles. The van der Waals surface area contributed by atoms with Crippen LogP contribution >= 0.6 is 0 Å². The average Bonchev–Trinajstić information content (AvgIpc) is 1.81. The normalized spacial score (nSPS) is 13.8. The third kappa shape index (κ3) is 7.76. The molecule has 1 atom stereocenters. The molecule has 0 saturated carbocycles. The molecule has 0 N–H and O–H groups in total. The first kappa shape index (κ1) is 12.4. The van der Waals surface area contributed by atoms with Gasteiger partial charge in [0.15, 0.2) is 0 Å². The fourth-order valence-corrected chi connectivity index (χ4v) is 1.75. The van der Waals surface area contributed by atoms with Gasteiger partial charge in [0, 0.05) is 12.8 Å². The third-order valence-electron chi connectivity index (χ3n) is 1.91. The van der Waals surface area contributed by atoms with Crippen LogP contribution in [-0.4, -0.2) is 5.78 Å². The maximum atomic E-state index is 11.3. The molecule has 0 aromatic heterocycles. The summed E-state index contributed by atoms with van der Waals surface area (Å²) in [6.45, 7) is 12.3. The maximum absolute atomic E-state index is 11.3. The first-order chi connectivity index (χ1) is 5.85. The Hall–Kier alpha value is -0.590. The van der Waals surface area contributed by atoms with E-state index in [1.54, 1.807) is 6.08 Å². The number of hydrogen-bond donors (Lipinski definition) is 0. The molecule has 0 aliphatic rings. The Morgan fingerprint density at radius 2 is 2.00 bits per heavy atom. The lowest BCUT2D eigenvalue weighted by Crippen LogP contribution is -2.13. The summed E-state index contributed by atoms with van der Waals surface area (Å²) < 4.78 is 0. The molecule has 1 nitrogen and oxygen atoms in total. The van der Waals surface area contributed by atoms with Gasteiger partial charge in [-0.25, -0.2) is 0 Å². The highest BCUT2D eigenvalue weighted by Crippen LogP contribution is 2.26. The second-order valence-corrected chi connectivity index (χ2v) is 5.11. The Labute approximate surface area is 82.2 Å². The van der Waals surface area contributed by atoms with E-state index >= 15 is 0 Å². The molecule has 13 heavy (non-hydrogen) atoms. The summed E-state index contributed by atoms with van der Waals surface area (Å²) in [5.41, 5.74) is 0.327. The highest BCUT2D eigenvalue weighted by molar-refractivity contribution is 5.79. The molecule has 0 saturated heterocycles. The molecule has 0 heterocycles. The minimum atomic E-state index is 0.312. The van der Waals surface area contributed by atoms with E-state index in [-0.39, 0.29) is 0 Å². The van der Waals surface area contributed by atoms with E-state index in [1.165, 1.54) is 0 Å². The summed E-state index contributed by atoms with van der Waals surface area (Å²) in [6, 6.07) is 0. The van der Waals surface area contributed by atoms with Crippen molar-refractivity contribution in [1.29, 1.82) is 0 Å². The fraction of sp³-hybridized carbons (Fsp3) is 0.750. The largest absolute Gasteiger partial charge is 0.299 e. The van der Waals surface area contributed by atoms with E-state index in [4.69, 9.17) is 0 Å². The number of carbonyl (C=O) groups is 1. The lowest BCUT2D eigenvalue weighted by atomic mass is 9.83. The van der Waals surface area contributed by atoms with Crippen molar-refractivity contribution in [2.45, 2.75) is 47.0 Å². The van der Waals surface area contributed by atoms with Crippen molar-refractivity contribution < 1.29 is 4.79 Å². The Kier molecular flexibility index (Phi) is 4.97. The maximum Gasteiger partial charge on any atom is 0.136 e. The van der Waals surface area contributed by atoms with Gasteiger partial charge in [0.2, 0.25) is 0 Å². The van der Waals surface area contributed by atoms with Gasteiger partial charge in [-0.3, -0.25) is 4.79 Å². The standard InChI is InChI=1S/C12H22O/c1-6-7-11(13)8-10(2)9-12(3,4)5/h6,10H,1,7-9H2,2-5H3. The van der Waals surface area contributed by atoms with Gasteiger partial charge in [0.1, 0.15) is 5.78 Å². The van der Waals surface area contributed by atoms with Crippen molar-refractivity contribution in [3.8, 4) is 0 Å². The quantitative estimate of drug-likeness (QED) is 0.594. The monoisotopic (exact) mass is 182 g/mol. The van der Waals surface area contributed by atoms with Crippen LogP contribution in [0.1, 0.15) is 47.0 Å². The van der Waals surface area contributed by atoms with Gasteiger partial charge < -0.3 is 0 Å². The topological polar surface area (TPSA) is 17.1 Å². The van der Waals surface area contributed by atoms with Crippen LogP contribution in [0.3, 0.4) is 0 Å². The SMILES string of the molecule is C=CCC(=O)CC(C)CC(C)(C)C. The second kappa shape index (κ2) is 5.21. The highest BCUT2D eigenvalue weighted by atomic mass is 16.1. The molecule has 76 valence electrons. The third-order valence-corrected chi connectivity index (χ3v) is 1.91. The lowest BCUT2D eigenvalue weighted by molar-refractivity contribution is -0.119. The highest BCUT2D eigenvalue weighted by Gasteiger charge is 2.16. The molecule has 0 aliphatic heterocycles. The van der Waals surface area contributed by atoms with Crippen LogP contribution in [0.2, 0.25) is 0 Å². The average molecular weight is 182 g/mol. The first-order valence-electron chi connectivity index (χ1n) is 4.98. The zero-order chi connectivity index (χ0) is 10.5. The summed E-state index contributed by atoms with van der Waals surface area (Å²) in [5.74, 6) is 0.805. The number of Topliss-reactive ketones (excluding diaryl/α,β-unsaturated/α-hetero) is 1. The van der Waals surface area contributed by atoms with Crippen molar-refractivity contribution >= 4 is 5.78 Å². The molecule has 0 aliphatic carbocycles. The van der Waals surface area contributed by atoms with Gasteiger partial charge in [-0.2, -0.15) is 0 Å². The first-order valence-corrected chi connectivity index (χ1v) is 4.98. The molecule has 0 aromatic rings. The molecule has 0 amide bonds. The molecule has 1 unspecified atom stereocenters. The molecule has 0 rings (SSSR count). The Morgan fingerprint density at radius 1 is 1.46 bits per heavy atom. The van der Waals surface area contributed by atoms with Gasteiger partial charge in [-0.05, 0) is 17.8 Å². The molecule has 0 spiro atoms. The smallest absolute Gasteiger partial charge is 0.136 e. The van der Waals surface area contributed by atoms with Crippen molar-refractivity contribution in [2.75, 3.05) is 0 Å². The Morgan fingerprint density at radius 3 is 2.38 bits per heavy atom. The summed E-state index contributed by atoms with van der Waals surface area (Å²) in [5, 5.41) is 0. The van der Waals surface area contributed by atoms with E-state index in [2.05, 4.69) is 34.3 Å². The fourth-order valence-electron chi connectivity index (χ4n) is 1.75. The predicted molar refractivity (Wildman–Crippen MR) is 57.7 cm³/mol. The van der Waals surface area contributed by atoms with Crippen LogP contribution < -0.4 is 0 Å². The zero-order valence-corrected chi connectivity index (χ0v) is 9.39. The van der Waals surface area contributed by atoms with Crippen LogP contribution in [0.4, 0.5) is 0 Å². The lowest BCUT2D eigenvalue weighted by Gasteiger charge is -2.22. The van der Waals surface area contributed by atoms with Crippen LogP contribution in [0.5, 0.6) is 0 Å².